The van der Waals surface area contributed by atoms with Crippen LogP contribution in [0.4, 0.5) is 5.82 Å². The summed E-state index contributed by atoms with van der Waals surface area (Å²) in [6.45, 7) is 5.70. The molecule has 9 heteroatoms. The minimum Gasteiger partial charge on any atom is -0.360 e. The van der Waals surface area contributed by atoms with Crippen LogP contribution in [0.1, 0.15) is 11.3 Å². The maximum absolute atomic E-state index is 12.4. The highest BCUT2D eigenvalue weighted by Gasteiger charge is 2.21. The van der Waals surface area contributed by atoms with Gasteiger partial charge in [0.1, 0.15) is 5.76 Å². The van der Waals surface area contributed by atoms with Crippen LogP contribution in [0.15, 0.2) is 34.9 Å². The van der Waals surface area contributed by atoms with Crippen molar-refractivity contribution < 1.29 is 14.1 Å². The molecular weight excluding hydrogens is 400 g/mol. The summed E-state index contributed by atoms with van der Waals surface area (Å²) in [6, 6.07) is 9.50. The molecule has 1 aromatic heterocycles. The first-order chi connectivity index (χ1) is 13.5. The molecule has 0 saturated carbocycles. The van der Waals surface area contributed by atoms with Gasteiger partial charge in [0.15, 0.2) is 5.82 Å². The van der Waals surface area contributed by atoms with Crippen LogP contribution in [0, 0.1) is 6.92 Å². The lowest BCUT2D eigenvalue weighted by Crippen LogP contribution is -2.48. The molecule has 1 aliphatic heterocycles. The van der Waals surface area contributed by atoms with E-state index in [0.717, 1.165) is 24.7 Å². The lowest BCUT2D eigenvalue weighted by molar-refractivity contribution is -0.130. The van der Waals surface area contributed by atoms with Gasteiger partial charge in [-0.3, -0.25) is 14.5 Å². The van der Waals surface area contributed by atoms with Crippen molar-refractivity contribution >= 4 is 41.0 Å². The van der Waals surface area contributed by atoms with E-state index in [-0.39, 0.29) is 17.6 Å². The quantitative estimate of drug-likeness (QED) is 0.739. The second-order valence-corrected chi connectivity index (χ2v) is 8.07. The lowest BCUT2D eigenvalue weighted by Gasteiger charge is -2.34. The zero-order chi connectivity index (χ0) is 19.9. The Labute approximate surface area is 173 Å². The zero-order valence-electron chi connectivity index (χ0n) is 15.7. The Morgan fingerprint density at radius 1 is 1.18 bits per heavy atom. The minimum absolute atomic E-state index is 0.0706. The first kappa shape index (κ1) is 20.7. The molecule has 0 radical (unpaired) electrons. The van der Waals surface area contributed by atoms with Gasteiger partial charge in [0.25, 0.3) is 0 Å². The van der Waals surface area contributed by atoms with Gasteiger partial charge in [-0.25, -0.2) is 0 Å². The monoisotopic (exact) mass is 422 g/mol. The highest BCUT2D eigenvalue weighted by molar-refractivity contribution is 8.00. The van der Waals surface area contributed by atoms with Crippen LogP contribution in [0.2, 0.25) is 5.02 Å². The molecule has 0 unspecified atom stereocenters. The predicted octanol–water partition coefficient (Wildman–Crippen LogP) is 2.65. The van der Waals surface area contributed by atoms with Gasteiger partial charge in [-0.2, -0.15) is 0 Å². The van der Waals surface area contributed by atoms with Crippen molar-refractivity contribution in [2.24, 2.45) is 0 Å². The predicted molar refractivity (Wildman–Crippen MR) is 111 cm³/mol. The topological polar surface area (TPSA) is 78.7 Å². The number of halogens is 1. The number of hydrogen-bond donors (Lipinski definition) is 1. The molecule has 7 nitrogen and oxygen atoms in total. The molecular formula is C19H23ClN4O3S. The third kappa shape index (κ3) is 6.25. The molecule has 2 amide bonds. The average Bonchev–Trinajstić information content (AvgIpc) is 3.08. The number of piperazine rings is 1. The number of nitrogens with zero attached hydrogens (tertiary/aromatic N) is 3. The van der Waals surface area contributed by atoms with Crippen molar-refractivity contribution in [2.75, 3.05) is 43.0 Å². The van der Waals surface area contributed by atoms with Crippen molar-refractivity contribution in [1.82, 2.24) is 15.0 Å². The second kappa shape index (κ2) is 9.95. The van der Waals surface area contributed by atoms with E-state index in [0.29, 0.717) is 30.4 Å². The van der Waals surface area contributed by atoms with Gasteiger partial charge < -0.3 is 14.7 Å². The van der Waals surface area contributed by atoms with Crippen LogP contribution in [0.5, 0.6) is 0 Å². The lowest BCUT2D eigenvalue weighted by atomic mass is 10.2. The summed E-state index contributed by atoms with van der Waals surface area (Å²) in [4.78, 5) is 28.4. The van der Waals surface area contributed by atoms with Crippen LogP contribution >= 0.6 is 23.4 Å². The highest BCUT2D eigenvalue weighted by Crippen LogP contribution is 2.14. The number of aromatic nitrogens is 1. The van der Waals surface area contributed by atoms with Crippen LogP contribution in [-0.2, 0) is 16.1 Å². The summed E-state index contributed by atoms with van der Waals surface area (Å²) in [7, 11) is 0. The number of anilines is 1. The fourth-order valence-corrected chi connectivity index (χ4v) is 3.77. The van der Waals surface area contributed by atoms with Gasteiger partial charge in [-0.1, -0.05) is 28.9 Å². The van der Waals surface area contributed by atoms with Gasteiger partial charge in [0, 0.05) is 43.8 Å². The van der Waals surface area contributed by atoms with Crippen molar-refractivity contribution in [1.29, 1.82) is 0 Å². The van der Waals surface area contributed by atoms with E-state index in [4.69, 9.17) is 16.1 Å². The normalized spacial score (nSPS) is 14.9. The van der Waals surface area contributed by atoms with E-state index in [9.17, 15) is 9.59 Å². The van der Waals surface area contributed by atoms with E-state index in [1.54, 1.807) is 13.0 Å². The number of amides is 2. The van der Waals surface area contributed by atoms with E-state index in [1.165, 1.54) is 17.3 Å². The van der Waals surface area contributed by atoms with E-state index in [1.807, 2.05) is 29.2 Å². The SMILES string of the molecule is Cc1cc(NC(=O)CSCC(=O)N2CCN(Cc3ccc(Cl)cc3)CC2)no1. The Balaban J connectivity index is 1.33. The van der Waals surface area contributed by atoms with Crippen LogP contribution in [0.3, 0.4) is 0 Å². The number of carbonyl (C=O) groups is 2. The van der Waals surface area contributed by atoms with Crippen LogP contribution < -0.4 is 5.32 Å². The summed E-state index contributed by atoms with van der Waals surface area (Å²) in [6.07, 6.45) is 0. The summed E-state index contributed by atoms with van der Waals surface area (Å²) >= 11 is 7.23. The maximum Gasteiger partial charge on any atom is 0.235 e. The maximum atomic E-state index is 12.4. The first-order valence-electron chi connectivity index (χ1n) is 9.05. The van der Waals surface area contributed by atoms with Crippen molar-refractivity contribution in [3.63, 3.8) is 0 Å². The Bertz CT molecular complexity index is 804. The smallest absolute Gasteiger partial charge is 0.235 e. The van der Waals surface area contributed by atoms with Crippen LogP contribution in [0.25, 0.3) is 0 Å². The molecule has 2 heterocycles. The summed E-state index contributed by atoms with van der Waals surface area (Å²) in [5.74, 6) is 1.40. The molecule has 0 bridgehead atoms. The number of hydrogen-bond acceptors (Lipinski definition) is 6. The largest absolute Gasteiger partial charge is 0.360 e. The van der Waals surface area contributed by atoms with Gasteiger partial charge in [-0.15, -0.1) is 11.8 Å². The molecule has 1 aromatic carbocycles. The highest BCUT2D eigenvalue weighted by atomic mass is 35.5. The van der Waals surface area contributed by atoms with Crippen molar-refractivity contribution in [3.8, 4) is 0 Å². The number of thioether (sulfide) groups is 1. The van der Waals surface area contributed by atoms with Gasteiger partial charge in [-0.05, 0) is 24.6 Å². The number of aryl methyl sites for hydroxylation is 1. The Kier molecular flexibility index (Phi) is 7.36. The average molecular weight is 423 g/mol. The van der Waals surface area contributed by atoms with E-state index >= 15 is 0 Å². The van der Waals surface area contributed by atoms with Gasteiger partial charge in [0.05, 0.1) is 11.5 Å². The third-order valence-electron chi connectivity index (χ3n) is 4.40. The van der Waals surface area contributed by atoms with Crippen molar-refractivity contribution in [2.45, 2.75) is 13.5 Å². The molecule has 1 N–H and O–H groups in total. The molecule has 1 saturated heterocycles. The number of carbonyl (C=O) groups excluding carboxylic acids is 2. The molecule has 2 aromatic rings. The van der Waals surface area contributed by atoms with Crippen LogP contribution in [-0.4, -0.2) is 64.5 Å². The third-order valence-corrected chi connectivity index (χ3v) is 5.57. The fourth-order valence-electron chi connectivity index (χ4n) is 2.93. The first-order valence-corrected chi connectivity index (χ1v) is 10.6. The molecule has 28 heavy (non-hydrogen) atoms. The minimum atomic E-state index is -0.195. The van der Waals surface area contributed by atoms with E-state index < -0.39 is 0 Å². The van der Waals surface area contributed by atoms with Gasteiger partial charge in [0.2, 0.25) is 11.8 Å². The molecule has 1 fully saturated rings. The van der Waals surface area contributed by atoms with E-state index in [2.05, 4.69) is 15.4 Å². The molecule has 0 spiro atoms. The molecule has 0 atom stereocenters. The Morgan fingerprint density at radius 3 is 2.54 bits per heavy atom. The molecule has 150 valence electrons. The second-order valence-electron chi connectivity index (χ2n) is 6.65. The number of nitrogens with one attached hydrogen (secondary N) is 1. The fraction of sp³-hybridized carbons (Fsp3) is 0.421. The summed E-state index contributed by atoms with van der Waals surface area (Å²) in [5.41, 5.74) is 1.22. The molecule has 1 aliphatic rings. The van der Waals surface area contributed by atoms with Crippen molar-refractivity contribution in [3.05, 3.63) is 46.7 Å². The number of benzene rings is 1. The Hall–Kier alpha value is -2.03. The number of rotatable bonds is 7. The molecule has 0 aliphatic carbocycles. The Morgan fingerprint density at radius 2 is 1.89 bits per heavy atom. The summed E-state index contributed by atoms with van der Waals surface area (Å²) < 4.78 is 4.90. The molecule has 3 rings (SSSR count). The zero-order valence-corrected chi connectivity index (χ0v) is 17.3. The standard InChI is InChI=1S/C19H23ClN4O3S/c1-14-10-17(22-27-14)21-18(25)12-28-13-19(26)24-8-6-23(7-9-24)11-15-2-4-16(20)5-3-15/h2-5,10H,6-9,11-13H2,1H3,(H,21,22,25). The summed E-state index contributed by atoms with van der Waals surface area (Å²) in [5, 5.41) is 7.09. The van der Waals surface area contributed by atoms with Gasteiger partial charge >= 0.3 is 0 Å².